The topological polar surface area (TPSA) is 0 Å². The number of hydrogen-bond donors (Lipinski definition) is 0. The highest BCUT2D eigenvalue weighted by Gasteiger charge is 2.40. The van der Waals surface area contributed by atoms with Gasteiger partial charge in [-0.25, -0.2) is 43.9 Å². The van der Waals surface area contributed by atoms with Crippen molar-refractivity contribution in [3.05, 3.63) is 88.0 Å². The van der Waals surface area contributed by atoms with Crippen LogP contribution in [0.4, 0.5) is 43.9 Å². The van der Waals surface area contributed by atoms with Gasteiger partial charge >= 0.3 is 0 Å². The fourth-order valence-electron chi connectivity index (χ4n) is 3.30. The third-order valence-electron chi connectivity index (χ3n) is 5.00. The van der Waals surface area contributed by atoms with E-state index in [4.69, 9.17) is 0 Å². The Morgan fingerprint density at radius 1 is 0.469 bits per heavy atom. The molecule has 0 aliphatic rings. The SMILES string of the molecule is CC(C)c1ccc(B(c2c(F)c(F)c(F)c(F)c2F)c2c(F)c(F)c(F)c(F)c2F)cc1. The van der Waals surface area contributed by atoms with Gasteiger partial charge in [0.2, 0.25) is 0 Å². The van der Waals surface area contributed by atoms with Crippen LogP contribution >= 0.6 is 0 Å². The van der Waals surface area contributed by atoms with E-state index in [-0.39, 0.29) is 5.92 Å². The van der Waals surface area contributed by atoms with Crippen LogP contribution in [-0.4, -0.2) is 6.71 Å². The summed E-state index contributed by atoms with van der Waals surface area (Å²) in [6.45, 7) is 0.951. The number of hydrogen-bond acceptors (Lipinski definition) is 0. The zero-order chi connectivity index (χ0) is 24.1. The summed E-state index contributed by atoms with van der Waals surface area (Å²) in [4.78, 5) is 0. The Labute approximate surface area is 175 Å². The van der Waals surface area contributed by atoms with Crippen molar-refractivity contribution in [3.63, 3.8) is 0 Å². The second-order valence-electron chi connectivity index (χ2n) is 7.22. The smallest absolute Gasteiger partial charge is 0.204 e. The Balaban J connectivity index is 2.47. The van der Waals surface area contributed by atoms with Crippen molar-refractivity contribution in [2.45, 2.75) is 19.8 Å². The minimum absolute atomic E-state index is 0.0918. The summed E-state index contributed by atoms with van der Waals surface area (Å²) < 4.78 is 141. The first kappa shape index (κ1) is 23.7. The molecule has 11 heteroatoms. The Hall–Kier alpha value is -2.98. The Morgan fingerprint density at radius 2 is 0.750 bits per heavy atom. The van der Waals surface area contributed by atoms with Gasteiger partial charge in [-0.15, -0.1) is 0 Å². The first-order valence-corrected chi connectivity index (χ1v) is 9.02. The van der Waals surface area contributed by atoms with Crippen LogP contribution in [0, 0.1) is 58.2 Å². The van der Waals surface area contributed by atoms with E-state index in [9.17, 15) is 43.9 Å². The maximum Gasteiger partial charge on any atom is 0.257 e. The van der Waals surface area contributed by atoms with E-state index in [0.29, 0.717) is 5.56 Å². The molecule has 0 aliphatic carbocycles. The van der Waals surface area contributed by atoms with Gasteiger partial charge in [-0.1, -0.05) is 43.6 Å². The summed E-state index contributed by atoms with van der Waals surface area (Å²) in [7, 11) is 0. The van der Waals surface area contributed by atoms with Gasteiger partial charge in [0.15, 0.2) is 58.2 Å². The van der Waals surface area contributed by atoms with E-state index in [1.165, 1.54) is 12.1 Å². The molecule has 0 N–H and O–H groups in total. The minimum atomic E-state index is -2.55. The predicted octanol–water partition coefficient (Wildman–Crippen LogP) is 4.72. The summed E-state index contributed by atoms with van der Waals surface area (Å²) in [6, 6.07) is 4.72. The summed E-state index contributed by atoms with van der Waals surface area (Å²) >= 11 is 0. The third-order valence-corrected chi connectivity index (χ3v) is 5.00. The molecule has 168 valence electrons. The summed E-state index contributed by atoms with van der Waals surface area (Å²) in [5, 5.41) is 0. The summed E-state index contributed by atoms with van der Waals surface area (Å²) in [6.07, 6.45) is 0. The zero-order valence-electron chi connectivity index (χ0n) is 16.2. The Bertz CT molecular complexity index is 1080. The van der Waals surface area contributed by atoms with Crippen LogP contribution in [0.2, 0.25) is 0 Å². The molecular formula is C21H11BF10. The number of benzene rings is 3. The number of halogens is 10. The molecule has 0 radical (unpaired) electrons. The molecule has 0 aromatic heterocycles. The molecule has 0 unspecified atom stereocenters. The molecular weight excluding hydrogens is 453 g/mol. The molecule has 0 nitrogen and oxygen atoms in total. The van der Waals surface area contributed by atoms with E-state index >= 15 is 0 Å². The average Bonchev–Trinajstić information content (AvgIpc) is 2.78. The van der Waals surface area contributed by atoms with Crippen LogP contribution < -0.4 is 16.4 Å². The van der Waals surface area contributed by atoms with E-state index in [1.54, 1.807) is 13.8 Å². The first-order chi connectivity index (χ1) is 14.9. The highest BCUT2D eigenvalue weighted by atomic mass is 19.2. The third kappa shape index (κ3) is 3.63. The minimum Gasteiger partial charge on any atom is -0.204 e. The molecule has 0 fully saturated rings. The zero-order valence-corrected chi connectivity index (χ0v) is 16.2. The normalized spacial score (nSPS) is 11.4. The van der Waals surface area contributed by atoms with Crippen molar-refractivity contribution in [2.24, 2.45) is 0 Å². The van der Waals surface area contributed by atoms with Crippen LogP contribution in [0.5, 0.6) is 0 Å². The fraction of sp³-hybridized carbons (Fsp3) is 0.143. The molecule has 0 saturated carbocycles. The maximum atomic E-state index is 14.5. The van der Waals surface area contributed by atoms with Gasteiger partial charge in [-0.3, -0.25) is 0 Å². The van der Waals surface area contributed by atoms with Crippen molar-refractivity contribution in [3.8, 4) is 0 Å². The monoisotopic (exact) mass is 464 g/mol. The van der Waals surface area contributed by atoms with Gasteiger partial charge in [0.1, 0.15) is 0 Å². The Morgan fingerprint density at radius 3 is 1.03 bits per heavy atom. The van der Waals surface area contributed by atoms with E-state index in [1.807, 2.05) is 0 Å². The van der Waals surface area contributed by atoms with Gasteiger partial charge in [-0.2, -0.15) is 0 Å². The molecule has 3 aromatic rings. The van der Waals surface area contributed by atoms with Crippen LogP contribution in [0.1, 0.15) is 25.3 Å². The van der Waals surface area contributed by atoms with Crippen LogP contribution in [0.3, 0.4) is 0 Å². The van der Waals surface area contributed by atoms with E-state index in [2.05, 4.69) is 0 Å². The van der Waals surface area contributed by atoms with E-state index < -0.39 is 81.3 Å². The van der Waals surface area contributed by atoms with Crippen LogP contribution in [-0.2, 0) is 0 Å². The van der Waals surface area contributed by atoms with E-state index in [0.717, 1.165) is 12.1 Å². The van der Waals surface area contributed by atoms with Crippen molar-refractivity contribution in [2.75, 3.05) is 0 Å². The van der Waals surface area contributed by atoms with Crippen molar-refractivity contribution in [1.82, 2.24) is 0 Å². The molecule has 3 rings (SSSR count). The highest BCUT2D eigenvalue weighted by molar-refractivity contribution is 6.95. The van der Waals surface area contributed by atoms with Crippen LogP contribution in [0.15, 0.2) is 24.3 Å². The first-order valence-electron chi connectivity index (χ1n) is 9.02. The molecule has 0 aliphatic heterocycles. The molecule has 0 heterocycles. The van der Waals surface area contributed by atoms with Crippen molar-refractivity contribution < 1.29 is 43.9 Å². The largest absolute Gasteiger partial charge is 0.257 e. The molecule has 3 aromatic carbocycles. The lowest BCUT2D eigenvalue weighted by Gasteiger charge is -2.20. The van der Waals surface area contributed by atoms with Crippen molar-refractivity contribution in [1.29, 1.82) is 0 Å². The van der Waals surface area contributed by atoms with Crippen LogP contribution in [0.25, 0.3) is 0 Å². The second-order valence-corrected chi connectivity index (χ2v) is 7.22. The predicted molar refractivity (Wildman–Crippen MR) is 97.7 cm³/mol. The van der Waals surface area contributed by atoms with Crippen molar-refractivity contribution >= 4 is 23.1 Å². The second kappa shape index (κ2) is 8.52. The summed E-state index contributed by atoms with van der Waals surface area (Å²) in [5.41, 5.74) is -3.38. The fourth-order valence-corrected chi connectivity index (χ4v) is 3.30. The quantitative estimate of drug-likeness (QED) is 0.227. The summed E-state index contributed by atoms with van der Waals surface area (Å²) in [5.74, 6) is -24.8. The highest BCUT2D eigenvalue weighted by Crippen LogP contribution is 2.21. The average molecular weight is 464 g/mol. The molecule has 0 amide bonds. The lowest BCUT2D eigenvalue weighted by atomic mass is 9.36. The van der Waals surface area contributed by atoms with Gasteiger partial charge in [0, 0.05) is 10.9 Å². The number of rotatable bonds is 4. The molecule has 0 spiro atoms. The van der Waals surface area contributed by atoms with Gasteiger partial charge < -0.3 is 0 Å². The molecule has 32 heavy (non-hydrogen) atoms. The molecule has 0 saturated heterocycles. The maximum absolute atomic E-state index is 14.5. The lowest BCUT2D eigenvalue weighted by Crippen LogP contribution is -2.58. The van der Waals surface area contributed by atoms with Gasteiger partial charge in [0.25, 0.3) is 6.71 Å². The Kier molecular flexibility index (Phi) is 6.30. The van der Waals surface area contributed by atoms with Gasteiger partial charge in [0.05, 0.1) is 0 Å². The van der Waals surface area contributed by atoms with Gasteiger partial charge in [-0.05, 0) is 11.5 Å². The molecule has 0 atom stereocenters. The lowest BCUT2D eigenvalue weighted by molar-refractivity contribution is 0.382. The standard InChI is InChI=1S/C21H11BF10/c1-7(2)8-3-5-9(6-4-8)22(10-12(23)16(27)20(31)17(28)13(10)24)11-14(25)18(29)21(32)19(30)15(11)26/h3-7H,1-2H3. The molecule has 0 bridgehead atoms.